The maximum atomic E-state index is 4.56. The van der Waals surface area contributed by atoms with Crippen molar-refractivity contribution in [3.63, 3.8) is 0 Å². The molecule has 1 unspecified atom stereocenters. The van der Waals surface area contributed by atoms with Gasteiger partial charge in [0.1, 0.15) is 17.0 Å². The van der Waals surface area contributed by atoms with E-state index in [0.29, 0.717) is 0 Å². The molecule has 0 bridgehead atoms. The summed E-state index contributed by atoms with van der Waals surface area (Å²) in [5.74, 6) is 1.61. The van der Waals surface area contributed by atoms with Gasteiger partial charge >= 0.3 is 0 Å². The lowest BCUT2D eigenvalue weighted by atomic mass is 9.89. The predicted octanol–water partition coefficient (Wildman–Crippen LogP) is 2.77. The first-order valence-electron chi connectivity index (χ1n) is 6.34. The second-order valence-electron chi connectivity index (χ2n) is 5.20. The number of nitrogens with zero attached hydrogens (tertiary/aromatic N) is 4. The van der Waals surface area contributed by atoms with Crippen LogP contribution in [0.3, 0.4) is 0 Å². The molecule has 5 heteroatoms. The molecule has 92 valence electrons. The molecular formula is C13H14N4S. The first kappa shape index (κ1) is 10.4. The fourth-order valence-corrected chi connectivity index (χ4v) is 4.19. The van der Waals surface area contributed by atoms with Gasteiger partial charge in [0.2, 0.25) is 0 Å². The van der Waals surface area contributed by atoms with Gasteiger partial charge in [0.05, 0.1) is 5.39 Å². The minimum atomic E-state index is 0.793. The Hall–Kier alpha value is -1.49. The molecule has 4 rings (SSSR count). The zero-order valence-corrected chi connectivity index (χ0v) is 11.3. The number of hydrogen-bond donors (Lipinski definition) is 0. The van der Waals surface area contributed by atoms with Gasteiger partial charge < -0.3 is 0 Å². The van der Waals surface area contributed by atoms with Crippen LogP contribution in [0.5, 0.6) is 0 Å². The maximum Gasteiger partial charge on any atom is 0.167 e. The van der Waals surface area contributed by atoms with Crippen LogP contribution in [0, 0.1) is 12.8 Å². The van der Waals surface area contributed by atoms with Crippen molar-refractivity contribution in [1.82, 2.24) is 19.6 Å². The molecule has 1 aliphatic carbocycles. The zero-order chi connectivity index (χ0) is 12.3. The van der Waals surface area contributed by atoms with Crippen molar-refractivity contribution in [3.8, 4) is 0 Å². The van der Waals surface area contributed by atoms with E-state index in [1.165, 1.54) is 28.7 Å². The third-order valence-electron chi connectivity index (χ3n) is 3.74. The van der Waals surface area contributed by atoms with Crippen LogP contribution < -0.4 is 0 Å². The van der Waals surface area contributed by atoms with Crippen LogP contribution in [0.4, 0.5) is 0 Å². The highest BCUT2D eigenvalue weighted by Gasteiger charge is 2.23. The van der Waals surface area contributed by atoms with Gasteiger partial charge in [-0.25, -0.2) is 14.5 Å². The number of aryl methyl sites for hydroxylation is 2. The lowest BCUT2D eigenvalue weighted by Gasteiger charge is -2.17. The normalized spacial score (nSPS) is 19.6. The van der Waals surface area contributed by atoms with Gasteiger partial charge in [0, 0.05) is 4.88 Å². The topological polar surface area (TPSA) is 43.1 Å². The Labute approximate surface area is 109 Å². The Morgan fingerprint density at radius 3 is 3.22 bits per heavy atom. The van der Waals surface area contributed by atoms with E-state index in [2.05, 4.69) is 22.0 Å². The summed E-state index contributed by atoms with van der Waals surface area (Å²) in [5, 5.41) is 5.60. The van der Waals surface area contributed by atoms with Crippen LogP contribution >= 0.6 is 11.3 Å². The number of rotatable bonds is 0. The van der Waals surface area contributed by atoms with Crippen LogP contribution in [0.1, 0.15) is 29.6 Å². The summed E-state index contributed by atoms with van der Waals surface area (Å²) in [5.41, 5.74) is 2.45. The average Bonchev–Trinajstić information content (AvgIpc) is 2.86. The van der Waals surface area contributed by atoms with Gasteiger partial charge in [0.25, 0.3) is 0 Å². The van der Waals surface area contributed by atoms with Crippen molar-refractivity contribution < 1.29 is 0 Å². The molecular weight excluding hydrogens is 244 g/mol. The van der Waals surface area contributed by atoms with Crippen molar-refractivity contribution >= 4 is 27.2 Å². The van der Waals surface area contributed by atoms with Crippen molar-refractivity contribution in [2.75, 3.05) is 0 Å². The number of hydrogen-bond acceptors (Lipinski definition) is 4. The number of fused-ring (bicyclic) bond motifs is 5. The molecule has 0 spiro atoms. The zero-order valence-electron chi connectivity index (χ0n) is 10.5. The lowest BCUT2D eigenvalue weighted by molar-refractivity contribution is 0.509. The summed E-state index contributed by atoms with van der Waals surface area (Å²) in [4.78, 5) is 11.7. The Balaban J connectivity index is 2.11. The van der Waals surface area contributed by atoms with E-state index in [-0.39, 0.29) is 0 Å². The molecule has 0 aliphatic heterocycles. The molecule has 0 saturated heterocycles. The Bertz CT molecular complexity index is 755. The second kappa shape index (κ2) is 3.51. The smallest absolute Gasteiger partial charge is 0.167 e. The molecule has 0 amide bonds. The summed E-state index contributed by atoms with van der Waals surface area (Å²) in [6, 6.07) is 0. The molecule has 3 heterocycles. The molecule has 1 atom stereocenters. The fourth-order valence-electron chi connectivity index (χ4n) is 2.85. The molecule has 1 aliphatic rings. The minimum absolute atomic E-state index is 0.793. The summed E-state index contributed by atoms with van der Waals surface area (Å²) < 4.78 is 1.81. The third-order valence-corrected chi connectivity index (χ3v) is 4.90. The Morgan fingerprint density at radius 2 is 2.33 bits per heavy atom. The summed E-state index contributed by atoms with van der Waals surface area (Å²) in [6.07, 6.45) is 5.40. The molecule has 0 radical (unpaired) electrons. The standard InChI is InChI=1S/C13H14N4S/c1-7-3-4-9-10(5-7)18-13-11(9)12-15-8(2)16-17(12)6-14-13/h6-7H,3-5H2,1-2H3. The van der Waals surface area contributed by atoms with Gasteiger partial charge in [-0.2, -0.15) is 5.10 Å². The number of aromatic nitrogens is 4. The predicted molar refractivity (Wildman–Crippen MR) is 72.1 cm³/mol. The van der Waals surface area contributed by atoms with Crippen LogP contribution in [0.15, 0.2) is 6.33 Å². The highest BCUT2D eigenvalue weighted by atomic mass is 32.1. The minimum Gasteiger partial charge on any atom is -0.225 e. The van der Waals surface area contributed by atoms with Gasteiger partial charge in [-0.1, -0.05) is 6.92 Å². The second-order valence-corrected chi connectivity index (χ2v) is 6.29. The van der Waals surface area contributed by atoms with Crippen molar-refractivity contribution in [3.05, 3.63) is 22.6 Å². The Morgan fingerprint density at radius 1 is 1.44 bits per heavy atom. The van der Waals surface area contributed by atoms with Crippen molar-refractivity contribution in [2.24, 2.45) is 5.92 Å². The molecule has 3 aromatic rings. The number of thiophene rings is 1. The van der Waals surface area contributed by atoms with E-state index in [1.54, 1.807) is 6.33 Å². The van der Waals surface area contributed by atoms with Gasteiger partial charge in [-0.3, -0.25) is 0 Å². The fraction of sp³-hybridized carbons (Fsp3) is 0.462. The van der Waals surface area contributed by atoms with E-state index in [0.717, 1.165) is 28.6 Å². The molecule has 18 heavy (non-hydrogen) atoms. The first-order valence-corrected chi connectivity index (χ1v) is 7.16. The van der Waals surface area contributed by atoms with Gasteiger partial charge in [-0.05, 0) is 37.7 Å². The molecule has 0 saturated carbocycles. The SMILES string of the molecule is Cc1nc2c3c4c(sc3ncn2n1)CC(C)CC4. The first-order chi connectivity index (χ1) is 8.72. The van der Waals surface area contributed by atoms with Crippen molar-refractivity contribution in [1.29, 1.82) is 0 Å². The summed E-state index contributed by atoms with van der Waals surface area (Å²) >= 11 is 1.84. The van der Waals surface area contributed by atoms with E-state index >= 15 is 0 Å². The maximum absolute atomic E-state index is 4.56. The highest BCUT2D eigenvalue weighted by molar-refractivity contribution is 7.19. The summed E-state index contributed by atoms with van der Waals surface area (Å²) in [6.45, 7) is 4.26. The van der Waals surface area contributed by atoms with E-state index < -0.39 is 0 Å². The van der Waals surface area contributed by atoms with Crippen LogP contribution in [-0.4, -0.2) is 19.6 Å². The van der Waals surface area contributed by atoms with Gasteiger partial charge in [0.15, 0.2) is 5.65 Å². The van der Waals surface area contributed by atoms with Crippen LogP contribution in [-0.2, 0) is 12.8 Å². The average molecular weight is 258 g/mol. The monoisotopic (exact) mass is 258 g/mol. The highest BCUT2D eigenvalue weighted by Crippen LogP contribution is 2.38. The molecule has 0 aromatic carbocycles. The van der Waals surface area contributed by atoms with Crippen LogP contribution in [0.2, 0.25) is 0 Å². The molecule has 0 fully saturated rings. The molecule has 3 aromatic heterocycles. The third kappa shape index (κ3) is 1.34. The lowest BCUT2D eigenvalue weighted by Crippen LogP contribution is -2.08. The van der Waals surface area contributed by atoms with E-state index in [4.69, 9.17) is 0 Å². The molecule has 0 N–H and O–H groups in total. The molecule has 4 nitrogen and oxygen atoms in total. The van der Waals surface area contributed by atoms with Crippen molar-refractivity contribution in [2.45, 2.75) is 33.1 Å². The summed E-state index contributed by atoms with van der Waals surface area (Å²) in [7, 11) is 0. The van der Waals surface area contributed by atoms with E-state index in [9.17, 15) is 0 Å². The van der Waals surface area contributed by atoms with Crippen LogP contribution in [0.25, 0.3) is 15.9 Å². The van der Waals surface area contributed by atoms with Gasteiger partial charge in [-0.15, -0.1) is 11.3 Å². The Kier molecular flexibility index (Phi) is 2.03. The quantitative estimate of drug-likeness (QED) is 0.622. The largest absolute Gasteiger partial charge is 0.225 e. The van der Waals surface area contributed by atoms with E-state index in [1.807, 2.05) is 22.8 Å².